The molecule has 0 amide bonds. The summed E-state index contributed by atoms with van der Waals surface area (Å²) >= 11 is 6.27. The van der Waals surface area contributed by atoms with Crippen molar-refractivity contribution in [3.8, 4) is 28.2 Å². The lowest BCUT2D eigenvalue weighted by atomic mass is 10.0. The third kappa shape index (κ3) is 3.62. The Bertz CT molecular complexity index is 1630. The number of carboxylic acids is 1. The Morgan fingerprint density at radius 2 is 2.00 bits per heavy atom. The van der Waals surface area contributed by atoms with Gasteiger partial charge in [0.25, 0.3) is 5.56 Å². The molecular weight excluding hydrogens is 472 g/mol. The summed E-state index contributed by atoms with van der Waals surface area (Å²) in [6, 6.07) is 11.8. The monoisotopic (exact) mass is 488 g/mol. The lowest BCUT2D eigenvalue weighted by Crippen LogP contribution is -2.23. The van der Waals surface area contributed by atoms with E-state index in [1.165, 1.54) is 17.1 Å². The topological polar surface area (TPSA) is 147 Å². The average molecular weight is 489 g/mol. The van der Waals surface area contributed by atoms with Gasteiger partial charge in [-0.25, -0.2) is 9.78 Å². The maximum Gasteiger partial charge on any atom is 0.352 e. The molecule has 0 saturated carbocycles. The zero-order valence-corrected chi connectivity index (χ0v) is 18.8. The van der Waals surface area contributed by atoms with Gasteiger partial charge in [0.05, 0.1) is 29.3 Å². The van der Waals surface area contributed by atoms with Crippen molar-refractivity contribution in [3.05, 3.63) is 87.6 Å². The van der Waals surface area contributed by atoms with Gasteiger partial charge in [-0.2, -0.15) is 4.68 Å². The number of carbonyl (C=O) groups is 1. The molecule has 0 fully saturated rings. The summed E-state index contributed by atoms with van der Waals surface area (Å²) in [4.78, 5) is 35.0. The predicted molar refractivity (Wildman–Crippen MR) is 126 cm³/mol. The number of pyridine rings is 1. The second kappa shape index (κ2) is 8.06. The molecule has 1 aromatic carbocycles. The van der Waals surface area contributed by atoms with Crippen LogP contribution in [0.25, 0.3) is 28.2 Å². The van der Waals surface area contributed by atoms with Crippen molar-refractivity contribution in [1.29, 1.82) is 0 Å². The minimum atomic E-state index is -1.04. The highest BCUT2D eigenvalue weighted by Crippen LogP contribution is 2.34. The fraction of sp³-hybridized carbons (Fsp3) is 0.130. The Labute approximate surface area is 202 Å². The molecule has 0 saturated heterocycles. The number of halogens is 1. The van der Waals surface area contributed by atoms with Gasteiger partial charge in [-0.15, -0.1) is 5.10 Å². The quantitative estimate of drug-likeness (QED) is 0.344. The SMILES string of the molecule is O=C(O)c1ccc(-c2cnc([C@@H]3CCc4cc(-c5cc(Cl)ccc5-n5cnnn5)cc(=O)n43)[nH]2)[nH]1. The first-order chi connectivity index (χ1) is 17.0. The second-order valence-electron chi connectivity index (χ2n) is 8.19. The van der Waals surface area contributed by atoms with Crippen LogP contribution in [-0.4, -0.2) is 50.8 Å². The fourth-order valence-electron chi connectivity index (χ4n) is 4.54. The number of nitrogens with zero attached hydrogens (tertiary/aromatic N) is 6. The minimum absolute atomic E-state index is 0.0909. The van der Waals surface area contributed by atoms with Gasteiger partial charge in [-0.3, -0.25) is 4.79 Å². The molecule has 0 spiro atoms. The molecule has 0 bridgehead atoms. The Morgan fingerprint density at radius 3 is 2.77 bits per heavy atom. The number of aryl methyl sites for hydroxylation is 1. The Morgan fingerprint density at radius 1 is 1.11 bits per heavy atom. The number of carboxylic acid groups (broad SMARTS) is 1. The van der Waals surface area contributed by atoms with Crippen molar-refractivity contribution >= 4 is 17.6 Å². The maximum absolute atomic E-state index is 13.3. The zero-order valence-electron chi connectivity index (χ0n) is 18.0. The summed E-state index contributed by atoms with van der Waals surface area (Å²) in [5.41, 5.74) is 4.25. The molecule has 5 aromatic rings. The highest BCUT2D eigenvalue weighted by Gasteiger charge is 2.28. The number of hydrogen-bond acceptors (Lipinski definition) is 6. The summed E-state index contributed by atoms with van der Waals surface area (Å²) in [5, 5.41) is 21.0. The molecule has 0 radical (unpaired) electrons. The molecule has 6 rings (SSSR count). The van der Waals surface area contributed by atoms with Crippen LogP contribution < -0.4 is 5.56 Å². The first-order valence-electron chi connectivity index (χ1n) is 10.7. The van der Waals surface area contributed by atoms with Crippen molar-refractivity contribution in [1.82, 2.24) is 39.7 Å². The number of aromatic carboxylic acids is 1. The second-order valence-corrected chi connectivity index (χ2v) is 8.62. The van der Waals surface area contributed by atoms with Gasteiger partial charge in [0.15, 0.2) is 0 Å². The molecule has 35 heavy (non-hydrogen) atoms. The van der Waals surface area contributed by atoms with E-state index < -0.39 is 5.97 Å². The van der Waals surface area contributed by atoms with Crippen LogP contribution in [0.3, 0.4) is 0 Å². The third-order valence-corrected chi connectivity index (χ3v) is 6.35. The molecule has 4 aromatic heterocycles. The Kier molecular flexibility index (Phi) is 4.85. The first-order valence-corrected chi connectivity index (χ1v) is 11.1. The van der Waals surface area contributed by atoms with Crippen molar-refractivity contribution in [2.75, 3.05) is 0 Å². The fourth-order valence-corrected chi connectivity index (χ4v) is 4.71. The average Bonchev–Trinajstić information content (AvgIpc) is 3.64. The maximum atomic E-state index is 13.3. The molecule has 1 aliphatic heterocycles. The normalized spacial score (nSPS) is 14.8. The number of H-pyrrole nitrogens is 2. The lowest BCUT2D eigenvalue weighted by molar-refractivity contribution is 0.0691. The van der Waals surface area contributed by atoms with Crippen molar-refractivity contribution in [2.45, 2.75) is 18.9 Å². The first kappa shape index (κ1) is 21.1. The van der Waals surface area contributed by atoms with Crippen LogP contribution in [0.4, 0.5) is 0 Å². The number of imidazole rings is 1. The smallest absolute Gasteiger partial charge is 0.352 e. The van der Waals surface area contributed by atoms with E-state index in [9.17, 15) is 9.59 Å². The van der Waals surface area contributed by atoms with E-state index in [1.807, 2.05) is 12.1 Å². The number of tetrazole rings is 1. The summed E-state index contributed by atoms with van der Waals surface area (Å²) < 4.78 is 3.27. The lowest BCUT2D eigenvalue weighted by Gasteiger charge is -2.15. The molecule has 0 aliphatic carbocycles. The molecule has 3 N–H and O–H groups in total. The third-order valence-electron chi connectivity index (χ3n) is 6.12. The molecule has 12 heteroatoms. The molecule has 0 unspecified atom stereocenters. The van der Waals surface area contributed by atoms with E-state index >= 15 is 0 Å². The van der Waals surface area contributed by atoms with Crippen LogP contribution >= 0.6 is 11.6 Å². The van der Waals surface area contributed by atoms with Gasteiger partial charge < -0.3 is 19.6 Å². The van der Waals surface area contributed by atoms with Crippen LogP contribution in [-0.2, 0) is 6.42 Å². The summed E-state index contributed by atoms with van der Waals surface area (Å²) in [6.45, 7) is 0. The Hall–Kier alpha value is -4.51. The van der Waals surface area contributed by atoms with Gasteiger partial charge in [-0.1, -0.05) is 11.6 Å². The minimum Gasteiger partial charge on any atom is -0.477 e. The summed E-state index contributed by atoms with van der Waals surface area (Å²) in [5.74, 6) is -0.400. The number of rotatable bonds is 5. The van der Waals surface area contributed by atoms with Crippen molar-refractivity contribution in [3.63, 3.8) is 0 Å². The highest BCUT2D eigenvalue weighted by atomic mass is 35.5. The van der Waals surface area contributed by atoms with Crippen molar-refractivity contribution in [2.24, 2.45) is 0 Å². The van der Waals surface area contributed by atoms with E-state index in [-0.39, 0.29) is 17.3 Å². The molecule has 174 valence electrons. The molecule has 11 nitrogen and oxygen atoms in total. The van der Waals surface area contributed by atoms with E-state index in [0.717, 1.165) is 16.8 Å². The summed E-state index contributed by atoms with van der Waals surface area (Å²) in [7, 11) is 0. The highest BCUT2D eigenvalue weighted by molar-refractivity contribution is 6.31. The predicted octanol–water partition coefficient (Wildman–Crippen LogP) is 3.10. The number of hydrogen-bond donors (Lipinski definition) is 3. The van der Waals surface area contributed by atoms with E-state index in [0.29, 0.717) is 40.8 Å². The van der Waals surface area contributed by atoms with Crippen molar-refractivity contribution < 1.29 is 9.90 Å². The zero-order chi connectivity index (χ0) is 24.1. The number of fused-ring (bicyclic) bond motifs is 1. The molecule has 1 atom stereocenters. The van der Waals surface area contributed by atoms with Crippen LogP contribution in [0.2, 0.25) is 5.02 Å². The standard InChI is InChI=1S/C23H17ClN8O3/c24-13-1-5-19(31-11-26-29-30-31)15(9-13)12-7-14-2-6-20(32(14)21(33)8-12)22-25-10-18(28-22)16-3-4-17(27-16)23(34)35/h1,3-5,7-11,20,27H,2,6H2,(H,25,28)(H,34,35)/t20-/m0/s1. The number of aromatic nitrogens is 8. The molecular formula is C23H17ClN8O3. The van der Waals surface area contributed by atoms with Gasteiger partial charge in [-0.05, 0) is 65.2 Å². The Balaban J connectivity index is 1.37. The number of benzene rings is 1. The van der Waals surface area contributed by atoms with Gasteiger partial charge >= 0.3 is 5.97 Å². The van der Waals surface area contributed by atoms with Crippen LogP contribution in [0, 0.1) is 0 Å². The van der Waals surface area contributed by atoms with E-state index in [4.69, 9.17) is 16.7 Å². The van der Waals surface area contributed by atoms with Crippen LogP contribution in [0.5, 0.6) is 0 Å². The number of nitrogens with one attached hydrogen (secondary N) is 2. The van der Waals surface area contributed by atoms with E-state index in [1.54, 1.807) is 35.0 Å². The molecule has 5 heterocycles. The van der Waals surface area contributed by atoms with Crippen LogP contribution in [0.1, 0.15) is 34.5 Å². The van der Waals surface area contributed by atoms with Crippen LogP contribution in [0.15, 0.2) is 59.8 Å². The van der Waals surface area contributed by atoms with E-state index in [2.05, 4.69) is 30.5 Å². The largest absolute Gasteiger partial charge is 0.477 e. The van der Waals surface area contributed by atoms with Gasteiger partial charge in [0.1, 0.15) is 17.8 Å². The van der Waals surface area contributed by atoms with Gasteiger partial charge in [0.2, 0.25) is 0 Å². The summed E-state index contributed by atoms with van der Waals surface area (Å²) in [6.07, 6.45) is 4.51. The van der Waals surface area contributed by atoms with Gasteiger partial charge in [0, 0.05) is 22.3 Å². The number of aromatic amines is 2. The molecule has 1 aliphatic rings.